The summed E-state index contributed by atoms with van der Waals surface area (Å²) in [6, 6.07) is 9.37. The molecule has 1 unspecified atom stereocenters. The highest BCUT2D eigenvalue weighted by Gasteiger charge is 2.38. The Morgan fingerprint density at radius 1 is 1.06 bits per heavy atom. The van der Waals surface area contributed by atoms with Crippen molar-refractivity contribution in [2.24, 2.45) is 0 Å². The average molecular weight is 431 g/mol. The van der Waals surface area contributed by atoms with Crippen molar-refractivity contribution in [1.29, 1.82) is 0 Å². The van der Waals surface area contributed by atoms with Gasteiger partial charge in [-0.1, -0.05) is 39.2 Å². The Labute approximate surface area is 190 Å². The van der Waals surface area contributed by atoms with Crippen LogP contribution in [0.4, 0.5) is 0 Å². The molecule has 168 valence electrons. The number of benzene rings is 1. The number of H-pyrrole nitrogens is 1. The highest BCUT2D eigenvalue weighted by molar-refractivity contribution is 5.93. The molecule has 0 radical (unpaired) electrons. The summed E-state index contributed by atoms with van der Waals surface area (Å²) < 4.78 is 2.52. The zero-order valence-corrected chi connectivity index (χ0v) is 19.4. The molecule has 2 aromatic heterocycles. The highest BCUT2D eigenvalue weighted by atomic mass is 16.2. The van der Waals surface area contributed by atoms with Crippen LogP contribution in [0.25, 0.3) is 10.9 Å². The third-order valence-corrected chi connectivity index (χ3v) is 8.17. The lowest BCUT2D eigenvalue weighted by molar-refractivity contribution is 0.0595. The number of aromatic nitrogens is 3. The SMILES string of the molecule is CC(C)c1cc(C(=O)N2CCn3c4c(c5cc(C6CCCCC6)ccc53)CCCC42)n[nH]1. The van der Waals surface area contributed by atoms with Crippen molar-refractivity contribution in [3.63, 3.8) is 0 Å². The van der Waals surface area contributed by atoms with Gasteiger partial charge < -0.3 is 9.47 Å². The number of nitrogens with zero attached hydrogens (tertiary/aromatic N) is 3. The summed E-state index contributed by atoms with van der Waals surface area (Å²) in [7, 11) is 0. The number of hydrogen-bond acceptors (Lipinski definition) is 2. The smallest absolute Gasteiger partial charge is 0.274 e. The zero-order valence-electron chi connectivity index (χ0n) is 19.4. The molecule has 1 fully saturated rings. The molecule has 3 aliphatic rings. The van der Waals surface area contributed by atoms with Gasteiger partial charge in [0, 0.05) is 35.4 Å². The Morgan fingerprint density at radius 3 is 2.69 bits per heavy atom. The van der Waals surface area contributed by atoms with E-state index in [1.807, 2.05) is 6.07 Å². The normalized spacial score (nSPS) is 21.3. The van der Waals surface area contributed by atoms with E-state index < -0.39 is 0 Å². The lowest BCUT2D eigenvalue weighted by Crippen LogP contribution is -2.43. The van der Waals surface area contributed by atoms with Crippen molar-refractivity contribution in [2.45, 2.75) is 89.6 Å². The maximum absolute atomic E-state index is 13.5. The van der Waals surface area contributed by atoms with E-state index in [2.05, 4.69) is 51.7 Å². The average Bonchev–Trinajstić information content (AvgIpc) is 3.45. The number of rotatable bonds is 3. The molecule has 3 aromatic rings. The van der Waals surface area contributed by atoms with E-state index in [0.717, 1.165) is 44.0 Å². The van der Waals surface area contributed by atoms with E-state index in [0.29, 0.717) is 11.6 Å². The van der Waals surface area contributed by atoms with Gasteiger partial charge in [0.15, 0.2) is 0 Å². The van der Waals surface area contributed by atoms with Crippen LogP contribution < -0.4 is 0 Å². The molecule has 0 spiro atoms. The number of carbonyl (C=O) groups is 1. The quantitative estimate of drug-likeness (QED) is 0.548. The monoisotopic (exact) mass is 430 g/mol. The van der Waals surface area contributed by atoms with E-state index in [4.69, 9.17) is 0 Å². The summed E-state index contributed by atoms with van der Waals surface area (Å²) in [5, 5.41) is 8.87. The van der Waals surface area contributed by atoms with Crippen LogP contribution in [0.3, 0.4) is 0 Å². The molecule has 1 aromatic carbocycles. The maximum atomic E-state index is 13.5. The van der Waals surface area contributed by atoms with Gasteiger partial charge in [0.25, 0.3) is 5.91 Å². The molecule has 1 saturated carbocycles. The summed E-state index contributed by atoms with van der Waals surface area (Å²) in [6.07, 6.45) is 10.1. The van der Waals surface area contributed by atoms with E-state index >= 15 is 0 Å². The van der Waals surface area contributed by atoms with Gasteiger partial charge in [-0.15, -0.1) is 0 Å². The van der Waals surface area contributed by atoms with Crippen LogP contribution in [0.5, 0.6) is 0 Å². The minimum atomic E-state index is 0.0744. The fourth-order valence-electron chi connectivity index (χ4n) is 6.44. The minimum Gasteiger partial charge on any atom is -0.341 e. The van der Waals surface area contributed by atoms with Gasteiger partial charge >= 0.3 is 0 Å². The second-order valence-corrected chi connectivity index (χ2v) is 10.4. The van der Waals surface area contributed by atoms with Crippen LogP contribution in [-0.4, -0.2) is 32.1 Å². The summed E-state index contributed by atoms with van der Waals surface area (Å²) in [5.41, 5.74) is 7.38. The molecule has 0 saturated heterocycles. The van der Waals surface area contributed by atoms with Crippen LogP contribution in [0.2, 0.25) is 0 Å². The Balaban J connectivity index is 1.38. The molecule has 32 heavy (non-hydrogen) atoms. The van der Waals surface area contributed by atoms with Gasteiger partial charge in [0.05, 0.1) is 6.04 Å². The zero-order chi connectivity index (χ0) is 21.8. The van der Waals surface area contributed by atoms with E-state index in [9.17, 15) is 4.79 Å². The van der Waals surface area contributed by atoms with Crippen molar-refractivity contribution < 1.29 is 4.79 Å². The fourth-order valence-corrected chi connectivity index (χ4v) is 6.44. The van der Waals surface area contributed by atoms with Gasteiger partial charge in [0.1, 0.15) is 5.69 Å². The first-order valence-corrected chi connectivity index (χ1v) is 12.6. The van der Waals surface area contributed by atoms with Crippen molar-refractivity contribution in [3.8, 4) is 0 Å². The van der Waals surface area contributed by atoms with Crippen molar-refractivity contribution in [2.75, 3.05) is 6.54 Å². The number of aromatic amines is 1. The molecular formula is C27H34N4O. The van der Waals surface area contributed by atoms with Gasteiger partial charge in [-0.3, -0.25) is 9.89 Å². The topological polar surface area (TPSA) is 53.9 Å². The molecule has 2 aliphatic carbocycles. The van der Waals surface area contributed by atoms with E-state index in [-0.39, 0.29) is 11.9 Å². The third kappa shape index (κ3) is 3.12. The maximum Gasteiger partial charge on any atom is 0.274 e. The van der Waals surface area contributed by atoms with Crippen LogP contribution >= 0.6 is 0 Å². The number of aryl methyl sites for hydroxylation is 1. The Kier molecular flexibility index (Phi) is 4.89. The minimum absolute atomic E-state index is 0.0744. The van der Waals surface area contributed by atoms with E-state index in [1.165, 1.54) is 59.8 Å². The molecule has 1 N–H and O–H groups in total. The Morgan fingerprint density at radius 2 is 1.91 bits per heavy atom. The largest absolute Gasteiger partial charge is 0.341 e. The van der Waals surface area contributed by atoms with Gasteiger partial charge in [-0.05, 0) is 73.3 Å². The summed E-state index contributed by atoms with van der Waals surface area (Å²) in [5.74, 6) is 1.14. The van der Waals surface area contributed by atoms with Crippen LogP contribution in [0.15, 0.2) is 24.3 Å². The molecule has 1 atom stereocenters. The lowest BCUT2D eigenvalue weighted by Gasteiger charge is -2.39. The number of nitrogens with one attached hydrogen (secondary N) is 1. The number of carbonyl (C=O) groups excluding carboxylic acids is 1. The highest BCUT2D eigenvalue weighted by Crippen LogP contribution is 2.44. The van der Waals surface area contributed by atoms with Crippen molar-refractivity contribution >= 4 is 16.8 Å². The summed E-state index contributed by atoms with van der Waals surface area (Å²) >= 11 is 0. The number of fused-ring (bicyclic) bond motifs is 3. The Hall–Kier alpha value is -2.56. The first-order chi connectivity index (χ1) is 15.6. The van der Waals surface area contributed by atoms with Crippen LogP contribution in [0, 0.1) is 0 Å². The second-order valence-electron chi connectivity index (χ2n) is 10.4. The molecule has 1 amide bonds. The first kappa shape index (κ1) is 20.1. The van der Waals surface area contributed by atoms with Crippen molar-refractivity contribution in [1.82, 2.24) is 19.7 Å². The lowest BCUT2D eigenvalue weighted by atomic mass is 9.83. The molecule has 6 rings (SSSR count). The van der Waals surface area contributed by atoms with Gasteiger partial charge in [-0.2, -0.15) is 5.10 Å². The summed E-state index contributed by atoms with van der Waals surface area (Å²) in [6.45, 7) is 5.87. The van der Waals surface area contributed by atoms with E-state index in [1.54, 1.807) is 0 Å². The standard InChI is InChI=1S/C27H34N4O/c1-17(2)22-16-23(29-28-22)27(32)31-14-13-30-24-12-11-19(18-7-4-3-5-8-18)15-21(24)20-9-6-10-25(31)26(20)30/h11-12,15-18,25H,3-10,13-14H2,1-2H3,(H,28,29). The molecule has 5 nitrogen and oxygen atoms in total. The molecular weight excluding hydrogens is 396 g/mol. The number of amides is 1. The molecule has 0 bridgehead atoms. The predicted octanol–water partition coefficient (Wildman–Crippen LogP) is 6.07. The van der Waals surface area contributed by atoms with Gasteiger partial charge in [0.2, 0.25) is 0 Å². The molecule has 1 aliphatic heterocycles. The summed E-state index contributed by atoms with van der Waals surface area (Å²) in [4.78, 5) is 15.6. The third-order valence-electron chi connectivity index (χ3n) is 8.17. The predicted molar refractivity (Wildman–Crippen MR) is 127 cm³/mol. The van der Waals surface area contributed by atoms with Crippen LogP contribution in [0.1, 0.15) is 110 Å². The number of hydrogen-bond donors (Lipinski definition) is 1. The second kappa shape index (κ2) is 7.79. The van der Waals surface area contributed by atoms with Crippen LogP contribution in [-0.2, 0) is 13.0 Å². The molecule has 3 heterocycles. The van der Waals surface area contributed by atoms with Crippen molar-refractivity contribution in [3.05, 3.63) is 52.5 Å². The fraction of sp³-hybridized carbons (Fsp3) is 0.556. The first-order valence-electron chi connectivity index (χ1n) is 12.6. The molecule has 5 heteroatoms. The Bertz CT molecular complexity index is 1160. The van der Waals surface area contributed by atoms with Gasteiger partial charge in [-0.25, -0.2) is 0 Å².